The number of cyclic esters (lactones) is 1. The molecule has 2 aromatic heterocycles. The molecule has 3 aliphatic rings. The van der Waals surface area contributed by atoms with Gasteiger partial charge in [0.25, 0.3) is 5.56 Å². The number of fused-ring (bicyclic) bond motifs is 5. The van der Waals surface area contributed by atoms with Gasteiger partial charge in [-0.05, 0) is 54.5 Å². The third kappa shape index (κ3) is 7.13. The highest BCUT2D eigenvalue weighted by Gasteiger charge is 2.46. The molecule has 4 amide bonds. The van der Waals surface area contributed by atoms with Gasteiger partial charge >= 0.3 is 5.97 Å². The smallest absolute Gasteiger partial charge is 0.343 e. The van der Waals surface area contributed by atoms with Crippen molar-refractivity contribution in [3.63, 3.8) is 0 Å². The summed E-state index contributed by atoms with van der Waals surface area (Å²) < 4.78 is 27.7. The average molecular weight is 784 g/mol. The molecule has 0 saturated heterocycles. The number of aryl methyl sites for hydroxylation is 1. The van der Waals surface area contributed by atoms with Gasteiger partial charge in [0.15, 0.2) is 5.60 Å². The van der Waals surface area contributed by atoms with E-state index in [1.54, 1.807) is 50.2 Å². The number of amides is 4. The van der Waals surface area contributed by atoms with Crippen molar-refractivity contribution in [2.24, 2.45) is 11.5 Å². The maximum absolute atomic E-state index is 15.3. The Kier molecular flexibility index (Phi) is 10.6. The fourth-order valence-electron chi connectivity index (χ4n) is 8.08. The molecule has 0 radical (unpaired) electrons. The first-order chi connectivity index (χ1) is 27.2. The second-order valence-electron chi connectivity index (χ2n) is 14.5. The third-order valence-corrected chi connectivity index (χ3v) is 11.0. The van der Waals surface area contributed by atoms with E-state index >= 15 is 4.39 Å². The number of primary amides is 1. The molecule has 57 heavy (non-hydrogen) atoms. The van der Waals surface area contributed by atoms with E-state index in [0.29, 0.717) is 51.8 Å². The summed E-state index contributed by atoms with van der Waals surface area (Å²) in [4.78, 5) is 83.9. The number of ether oxygens (including phenoxy) is 2. The highest BCUT2D eigenvalue weighted by Crippen LogP contribution is 2.46. The first-order valence-corrected chi connectivity index (χ1v) is 18.5. The largest absolute Gasteiger partial charge is 0.458 e. The van der Waals surface area contributed by atoms with Gasteiger partial charge in [-0.1, -0.05) is 37.3 Å². The van der Waals surface area contributed by atoms with E-state index < -0.39 is 78.5 Å². The normalized spacial score (nSPS) is 18.2. The number of hydrogen-bond acceptors (Lipinski definition) is 11. The minimum Gasteiger partial charge on any atom is -0.458 e. The molecule has 3 atom stereocenters. The Hall–Kier alpha value is -6.04. The van der Waals surface area contributed by atoms with Crippen LogP contribution < -0.4 is 27.7 Å². The number of nitrogens with one attached hydrogen (secondary N) is 2. The van der Waals surface area contributed by atoms with Crippen LogP contribution in [0.25, 0.3) is 22.3 Å². The summed E-state index contributed by atoms with van der Waals surface area (Å²) in [6, 6.07) is 10.0. The van der Waals surface area contributed by atoms with Crippen LogP contribution in [0.2, 0.25) is 0 Å². The minimum absolute atomic E-state index is 0.0391. The fraction of sp³-hybridized carbons (Fsp3) is 0.375. The van der Waals surface area contributed by atoms with Gasteiger partial charge in [-0.3, -0.25) is 24.0 Å². The van der Waals surface area contributed by atoms with Crippen LogP contribution in [0.1, 0.15) is 64.8 Å². The molecule has 7 N–H and O–H groups in total. The highest BCUT2D eigenvalue weighted by molar-refractivity contribution is 5.94. The SMILES string of the molecule is CC[C@@]1(O)C(=O)OCc2c1cc1n(c2=O)Cc2c-1nc1cc(F)c(C)c3c1c2[C@@H](NC(=O)COCN(CC(N)=O)C(=O)[C@H](Cc1ccccc1)NC(=O)CN)CC3. The number of aliphatic hydroxyl groups is 1. The molecule has 0 bridgehead atoms. The van der Waals surface area contributed by atoms with Gasteiger partial charge in [0.2, 0.25) is 23.6 Å². The number of nitrogens with two attached hydrogens (primary N) is 2. The van der Waals surface area contributed by atoms with E-state index in [0.717, 1.165) is 16.0 Å². The Morgan fingerprint density at radius 2 is 1.89 bits per heavy atom. The van der Waals surface area contributed by atoms with Gasteiger partial charge in [-0.2, -0.15) is 0 Å². The third-order valence-electron chi connectivity index (χ3n) is 11.0. The van der Waals surface area contributed by atoms with E-state index in [2.05, 4.69) is 10.6 Å². The first-order valence-electron chi connectivity index (χ1n) is 18.5. The Labute approximate surface area is 325 Å². The zero-order valence-corrected chi connectivity index (χ0v) is 31.4. The predicted molar refractivity (Wildman–Crippen MR) is 201 cm³/mol. The second kappa shape index (κ2) is 15.5. The van der Waals surface area contributed by atoms with Crippen molar-refractivity contribution in [3.8, 4) is 11.4 Å². The Bertz CT molecular complexity index is 2400. The number of halogens is 1. The van der Waals surface area contributed by atoms with Crippen molar-refractivity contribution < 1.29 is 42.9 Å². The van der Waals surface area contributed by atoms with Crippen LogP contribution in [-0.4, -0.2) is 81.6 Å². The summed E-state index contributed by atoms with van der Waals surface area (Å²) in [5.41, 5.74) is 12.9. The molecule has 7 rings (SSSR count). The number of carbonyl (C=O) groups excluding carboxylic acids is 5. The fourth-order valence-corrected chi connectivity index (χ4v) is 8.08. The second-order valence-corrected chi connectivity index (χ2v) is 14.5. The number of pyridine rings is 2. The Morgan fingerprint density at radius 1 is 1.14 bits per heavy atom. The summed E-state index contributed by atoms with van der Waals surface area (Å²) in [6.45, 7) is 1.04. The number of nitrogens with zero attached hydrogens (tertiary/aromatic N) is 3. The van der Waals surface area contributed by atoms with Crippen LogP contribution in [0.15, 0.2) is 47.3 Å². The molecule has 0 spiro atoms. The van der Waals surface area contributed by atoms with Crippen LogP contribution in [0.4, 0.5) is 4.39 Å². The lowest BCUT2D eigenvalue weighted by Crippen LogP contribution is -2.53. The summed E-state index contributed by atoms with van der Waals surface area (Å²) in [5, 5.41) is 17.6. The maximum atomic E-state index is 15.3. The van der Waals surface area contributed by atoms with E-state index in [4.69, 9.17) is 25.9 Å². The van der Waals surface area contributed by atoms with Crippen molar-refractivity contribution in [2.45, 2.75) is 70.4 Å². The van der Waals surface area contributed by atoms with Crippen molar-refractivity contribution >= 4 is 40.5 Å². The van der Waals surface area contributed by atoms with Crippen molar-refractivity contribution in [1.29, 1.82) is 0 Å². The molecule has 4 heterocycles. The van der Waals surface area contributed by atoms with Gasteiger partial charge in [0.05, 0.1) is 41.6 Å². The maximum Gasteiger partial charge on any atom is 0.343 e. The molecule has 2 aliphatic heterocycles. The number of hydrogen-bond donors (Lipinski definition) is 5. The number of esters is 1. The number of benzene rings is 2. The summed E-state index contributed by atoms with van der Waals surface area (Å²) >= 11 is 0. The van der Waals surface area contributed by atoms with Crippen molar-refractivity contribution in [1.82, 2.24) is 25.1 Å². The number of carbonyl (C=O) groups is 5. The molecule has 4 aromatic rings. The van der Waals surface area contributed by atoms with Gasteiger partial charge in [0.1, 0.15) is 38.3 Å². The molecule has 0 unspecified atom stereocenters. The first kappa shape index (κ1) is 39.2. The van der Waals surface area contributed by atoms with Crippen LogP contribution in [0.5, 0.6) is 0 Å². The number of aromatic nitrogens is 2. The van der Waals surface area contributed by atoms with Gasteiger partial charge in [-0.25, -0.2) is 14.2 Å². The highest BCUT2D eigenvalue weighted by atomic mass is 19.1. The Balaban J connectivity index is 1.16. The molecule has 0 saturated carbocycles. The lowest BCUT2D eigenvalue weighted by Gasteiger charge is -2.31. The molecular formula is C40H42FN7O9. The summed E-state index contributed by atoms with van der Waals surface area (Å²) in [6.07, 6.45) is 0.815. The topological polar surface area (TPSA) is 238 Å². The zero-order chi connectivity index (χ0) is 40.8. The summed E-state index contributed by atoms with van der Waals surface area (Å²) in [5.74, 6) is -4.00. The molecule has 298 valence electrons. The quantitative estimate of drug-likeness (QED) is 0.0819. The standard InChI is InChI=1S/C40H42FN7O9/c1-3-40(55)25-12-30-36-23(15-48(30)37(52)24(25)17-57-39(40)54)35-27(10-9-22-20(2)26(41)13-28(46-36)34(22)35)44-33(51)18-56-19-47(16-31(43)49)38(53)29(45-32(50)14-42)11-21-7-5-4-6-8-21/h4-8,12-13,27,29,55H,3,9-11,14-19,42H2,1-2H3,(H2,43,49)(H,44,51)(H,45,50)/t27-,29-,40-/m0/s1. The lowest BCUT2D eigenvalue weighted by molar-refractivity contribution is -0.172. The molecule has 17 heteroatoms. The molecular weight excluding hydrogens is 741 g/mol. The van der Waals surface area contributed by atoms with E-state index in [1.165, 1.54) is 10.6 Å². The molecule has 0 fully saturated rings. The van der Waals surface area contributed by atoms with E-state index in [-0.39, 0.29) is 43.7 Å². The molecule has 16 nitrogen and oxygen atoms in total. The van der Waals surface area contributed by atoms with Crippen LogP contribution in [0.3, 0.4) is 0 Å². The predicted octanol–water partition coefficient (Wildman–Crippen LogP) is 0.605. The number of rotatable bonds is 13. The Morgan fingerprint density at radius 3 is 2.60 bits per heavy atom. The molecule has 2 aromatic carbocycles. The van der Waals surface area contributed by atoms with Crippen LogP contribution in [-0.2, 0) is 65.0 Å². The van der Waals surface area contributed by atoms with Crippen molar-refractivity contribution in [2.75, 3.05) is 26.4 Å². The van der Waals surface area contributed by atoms with Crippen molar-refractivity contribution in [3.05, 3.63) is 97.6 Å². The van der Waals surface area contributed by atoms with Gasteiger partial charge < -0.3 is 46.1 Å². The summed E-state index contributed by atoms with van der Waals surface area (Å²) in [7, 11) is 0. The average Bonchev–Trinajstić information content (AvgIpc) is 3.56. The molecule has 1 aliphatic carbocycles. The zero-order valence-electron chi connectivity index (χ0n) is 31.4. The monoisotopic (exact) mass is 783 g/mol. The van der Waals surface area contributed by atoms with Crippen LogP contribution in [0, 0.1) is 12.7 Å². The van der Waals surface area contributed by atoms with E-state index in [9.17, 15) is 33.9 Å². The van der Waals surface area contributed by atoms with Crippen LogP contribution >= 0.6 is 0 Å². The minimum atomic E-state index is -2.04. The van der Waals surface area contributed by atoms with Gasteiger partial charge in [-0.15, -0.1) is 0 Å². The lowest BCUT2D eigenvalue weighted by atomic mass is 9.81. The van der Waals surface area contributed by atoms with Gasteiger partial charge in [0, 0.05) is 29.0 Å². The van der Waals surface area contributed by atoms with E-state index in [1.807, 2.05) is 0 Å².